The van der Waals surface area contributed by atoms with E-state index < -0.39 is 16.1 Å². The third-order valence-electron chi connectivity index (χ3n) is 5.52. The molecule has 7 heteroatoms. The quantitative estimate of drug-likeness (QED) is 0.339. The molecule has 0 fully saturated rings. The van der Waals surface area contributed by atoms with E-state index in [0.717, 1.165) is 22.0 Å². The lowest BCUT2D eigenvalue weighted by molar-refractivity contribution is 0.0943. The van der Waals surface area contributed by atoms with E-state index in [1.54, 1.807) is 12.3 Å². The fraction of sp³-hybridized carbons (Fsp3) is 0.160. The molecule has 0 bridgehead atoms. The van der Waals surface area contributed by atoms with E-state index in [0.29, 0.717) is 17.7 Å². The van der Waals surface area contributed by atoms with Crippen LogP contribution in [0.25, 0.3) is 10.9 Å². The molecule has 0 unspecified atom stereocenters. The highest BCUT2D eigenvalue weighted by Gasteiger charge is 2.24. The molecule has 4 aromatic rings. The average molecular weight is 448 g/mol. The number of aromatic nitrogens is 1. The number of hydrogen-bond acceptors (Lipinski definition) is 4. The summed E-state index contributed by atoms with van der Waals surface area (Å²) in [5.41, 5.74) is 3.90. The van der Waals surface area contributed by atoms with Gasteiger partial charge >= 0.3 is 0 Å². The maximum atomic E-state index is 13.6. The third-order valence-corrected chi connectivity index (χ3v) is 6.83. The highest BCUT2D eigenvalue weighted by atomic mass is 32.2. The van der Waals surface area contributed by atoms with Crippen molar-refractivity contribution in [3.05, 3.63) is 107 Å². The average Bonchev–Trinajstić information content (AvgIpc) is 3.25. The SMILES string of the molecule is CNS(=O)(=O)Cc1ccccc1CN[C@@H](C(=O)c1c[nH]c2ccccc12)c1ccccc1. The number of carbonyl (C=O) groups is 1. The van der Waals surface area contributed by atoms with Crippen LogP contribution in [0.5, 0.6) is 0 Å². The van der Waals surface area contributed by atoms with Crippen LogP contribution < -0.4 is 10.0 Å². The number of Topliss-reactive ketones (excluding diaryl/α,β-unsaturated/α-hetero) is 1. The highest BCUT2D eigenvalue weighted by molar-refractivity contribution is 7.88. The number of H-pyrrole nitrogens is 1. The molecule has 1 atom stereocenters. The molecule has 0 aliphatic carbocycles. The van der Waals surface area contributed by atoms with Crippen LogP contribution in [0.4, 0.5) is 0 Å². The lowest BCUT2D eigenvalue weighted by Crippen LogP contribution is -2.29. The predicted molar refractivity (Wildman–Crippen MR) is 127 cm³/mol. The Kier molecular flexibility index (Phi) is 6.50. The van der Waals surface area contributed by atoms with Gasteiger partial charge in [0.25, 0.3) is 0 Å². The van der Waals surface area contributed by atoms with E-state index in [2.05, 4.69) is 15.0 Å². The first kappa shape index (κ1) is 22.0. The molecule has 32 heavy (non-hydrogen) atoms. The lowest BCUT2D eigenvalue weighted by Gasteiger charge is -2.19. The minimum atomic E-state index is -3.41. The van der Waals surface area contributed by atoms with Gasteiger partial charge in [0, 0.05) is 29.2 Å². The first-order valence-electron chi connectivity index (χ1n) is 10.3. The summed E-state index contributed by atoms with van der Waals surface area (Å²) < 4.78 is 26.5. The Morgan fingerprint density at radius 3 is 2.31 bits per heavy atom. The van der Waals surface area contributed by atoms with Crippen LogP contribution in [0.1, 0.15) is 33.1 Å². The number of para-hydroxylation sites is 1. The van der Waals surface area contributed by atoms with Gasteiger partial charge in [-0.15, -0.1) is 0 Å². The smallest absolute Gasteiger partial charge is 0.215 e. The topological polar surface area (TPSA) is 91.1 Å². The molecule has 0 aliphatic heterocycles. The van der Waals surface area contributed by atoms with Crippen molar-refractivity contribution < 1.29 is 13.2 Å². The number of fused-ring (bicyclic) bond motifs is 1. The molecule has 0 amide bonds. The van der Waals surface area contributed by atoms with Crippen molar-refractivity contribution >= 4 is 26.7 Å². The first-order chi connectivity index (χ1) is 15.5. The van der Waals surface area contributed by atoms with E-state index in [1.165, 1.54) is 7.05 Å². The van der Waals surface area contributed by atoms with Crippen molar-refractivity contribution in [3.63, 3.8) is 0 Å². The van der Waals surface area contributed by atoms with E-state index in [4.69, 9.17) is 0 Å². The molecule has 4 rings (SSSR count). The molecular formula is C25H25N3O3S. The predicted octanol–water partition coefficient (Wildman–Crippen LogP) is 3.93. The summed E-state index contributed by atoms with van der Waals surface area (Å²) in [5, 5.41) is 4.25. The minimum absolute atomic E-state index is 0.0472. The van der Waals surface area contributed by atoms with Crippen LogP contribution in [-0.4, -0.2) is 26.2 Å². The number of carbonyl (C=O) groups excluding carboxylic acids is 1. The molecule has 0 spiro atoms. The zero-order valence-electron chi connectivity index (χ0n) is 17.7. The summed E-state index contributed by atoms with van der Waals surface area (Å²) in [6, 6.07) is 24.0. The van der Waals surface area contributed by atoms with Crippen molar-refractivity contribution in [1.82, 2.24) is 15.0 Å². The molecule has 0 aliphatic rings. The fourth-order valence-corrected chi connectivity index (χ4v) is 4.63. The van der Waals surface area contributed by atoms with Gasteiger partial charge in [0.15, 0.2) is 5.78 Å². The monoisotopic (exact) mass is 447 g/mol. The Bertz CT molecular complexity index is 1330. The summed E-state index contributed by atoms with van der Waals surface area (Å²) >= 11 is 0. The number of rotatable bonds is 9. The second-order valence-electron chi connectivity index (χ2n) is 7.57. The van der Waals surface area contributed by atoms with Gasteiger partial charge < -0.3 is 4.98 Å². The zero-order chi connectivity index (χ0) is 22.6. The normalized spacial score (nSPS) is 12.7. The zero-order valence-corrected chi connectivity index (χ0v) is 18.5. The Morgan fingerprint density at radius 1 is 0.906 bits per heavy atom. The Morgan fingerprint density at radius 2 is 1.56 bits per heavy atom. The first-order valence-corrected chi connectivity index (χ1v) is 12.0. The fourth-order valence-electron chi connectivity index (χ4n) is 3.80. The molecule has 0 saturated heterocycles. The number of benzene rings is 3. The van der Waals surface area contributed by atoms with Crippen molar-refractivity contribution in [3.8, 4) is 0 Å². The largest absolute Gasteiger partial charge is 0.360 e. The van der Waals surface area contributed by atoms with E-state index >= 15 is 0 Å². The summed E-state index contributed by atoms with van der Waals surface area (Å²) in [6.07, 6.45) is 1.75. The van der Waals surface area contributed by atoms with Gasteiger partial charge in [-0.3, -0.25) is 10.1 Å². The van der Waals surface area contributed by atoms with Crippen LogP contribution in [0.3, 0.4) is 0 Å². The van der Waals surface area contributed by atoms with Gasteiger partial charge in [-0.1, -0.05) is 72.8 Å². The van der Waals surface area contributed by atoms with Crippen molar-refractivity contribution in [2.75, 3.05) is 7.05 Å². The van der Waals surface area contributed by atoms with Gasteiger partial charge in [-0.25, -0.2) is 13.1 Å². The minimum Gasteiger partial charge on any atom is -0.360 e. The maximum absolute atomic E-state index is 13.6. The molecule has 0 saturated carbocycles. The van der Waals surface area contributed by atoms with Crippen LogP contribution in [0, 0.1) is 0 Å². The van der Waals surface area contributed by atoms with E-state index in [9.17, 15) is 13.2 Å². The number of aromatic amines is 1. The Balaban J connectivity index is 1.64. The molecule has 1 heterocycles. The van der Waals surface area contributed by atoms with Gasteiger partial charge in [0.2, 0.25) is 10.0 Å². The van der Waals surface area contributed by atoms with E-state index in [-0.39, 0.29) is 11.5 Å². The molecular weight excluding hydrogens is 422 g/mol. The summed E-state index contributed by atoms with van der Waals surface area (Å²) in [7, 11) is -2.01. The Labute approximate surface area is 187 Å². The third kappa shape index (κ3) is 4.80. The lowest BCUT2D eigenvalue weighted by atomic mass is 9.96. The van der Waals surface area contributed by atoms with Crippen LogP contribution >= 0.6 is 0 Å². The van der Waals surface area contributed by atoms with E-state index in [1.807, 2.05) is 72.8 Å². The van der Waals surface area contributed by atoms with Gasteiger partial charge in [-0.05, 0) is 29.8 Å². The summed E-state index contributed by atoms with van der Waals surface area (Å²) in [4.78, 5) is 16.8. The van der Waals surface area contributed by atoms with Crippen molar-refractivity contribution in [2.24, 2.45) is 0 Å². The van der Waals surface area contributed by atoms with Crippen molar-refractivity contribution in [1.29, 1.82) is 0 Å². The second-order valence-corrected chi connectivity index (χ2v) is 9.50. The Hall–Kier alpha value is -3.26. The van der Waals surface area contributed by atoms with Crippen LogP contribution in [-0.2, 0) is 22.3 Å². The molecule has 164 valence electrons. The number of ketones is 1. The van der Waals surface area contributed by atoms with Crippen LogP contribution in [0.2, 0.25) is 0 Å². The summed E-state index contributed by atoms with van der Waals surface area (Å²) in [5.74, 6) is -0.165. The highest BCUT2D eigenvalue weighted by Crippen LogP contribution is 2.25. The van der Waals surface area contributed by atoms with Gasteiger partial charge in [0.05, 0.1) is 11.8 Å². The van der Waals surface area contributed by atoms with Crippen molar-refractivity contribution in [2.45, 2.75) is 18.3 Å². The summed E-state index contributed by atoms with van der Waals surface area (Å²) in [6.45, 7) is 0.350. The van der Waals surface area contributed by atoms with Gasteiger partial charge in [-0.2, -0.15) is 0 Å². The number of nitrogens with one attached hydrogen (secondary N) is 3. The standard InChI is InChI=1S/C25H25N3O3S/c1-26-32(30,31)17-20-12-6-5-11-19(20)15-28-24(18-9-3-2-4-10-18)25(29)22-16-27-23-14-8-7-13-21(22)23/h2-14,16,24,26-28H,15,17H2,1H3/t24-/m1/s1. The molecule has 0 radical (unpaired) electrons. The van der Waals surface area contributed by atoms with Crippen LogP contribution in [0.15, 0.2) is 85.1 Å². The molecule has 3 aromatic carbocycles. The maximum Gasteiger partial charge on any atom is 0.215 e. The number of hydrogen-bond donors (Lipinski definition) is 3. The number of sulfonamides is 1. The van der Waals surface area contributed by atoms with Gasteiger partial charge in [0.1, 0.15) is 0 Å². The molecule has 3 N–H and O–H groups in total. The molecule has 1 aromatic heterocycles. The second kappa shape index (κ2) is 9.48. The molecule has 6 nitrogen and oxygen atoms in total.